The Labute approximate surface area is 207 Å². The lowest BCUT2D eigenvalue weighted by Crippen LogP contribution is -2.54. The third-order valence-corrected chi connectivity index (χ3v) is 9.94. The number of nitrogens with one attached hydrogen (secondary N) is 2. The van der Waals surface area contributed by atoms with Gasteiger partial charge in [-0.05, 0) is 79.5 Å². The molecular formula is C27H29N3O4S. The van der Waals surface area contributed by atoms with Crippen molar-refractivity contribution in [2.45, 2.75) is 37.7 Å². The number of aromatic nitrogens is 2. The van der Waals surface area contributed by atoms with Gasteiger partial charge in [0.2, 0.25) is 0 Å². The zero-order valence-electron chi connectivity index (χ0n) is 19.8. The number of nitrogens with zero attached hydrogens (tertiary/aromatic N) is 1. The molecule has 7 rings (SSSR count). The molecule has 7 nitrogen and oxygen atoms in total. The number of hydrogen-bond donors (Lipinski definition) is 3. The smallest absolute Gasteiger partial charge is 0.307 e. The van der Waals surface area contributed by atoms with E-state index < -0.39 is 5.97 Å². The minimum atomic E-state index is -0.623. The van der Waals surface area contributed by atoms with Crippen LogP contribution in [0.1, 0.15) is 32.1 Å². The zero-order valence-corrected chi connectivity index (χ0v) is 20.7. The molecule has 2 aromatic heterocycles. The average Bonchev–Trinajstić information content (AvgIpc) is 3.44. The second kappa shape index (κ2) is 7.09. The molecule has 182 valence electrons. The van der Waals surface area contributed by atoms with Gasteiger partial charge in [0.15, 0.2) is 0 Å². The molecule has 4 aliphatic rings. The van der Waals surface area contributed by atoms with Crippen LogP contribution in [-0.2, 0) is 11.8 Å². The van der Waals surface area contributed by atoms with Gasteiger partial charge in [0, 0.05) is 47.9 Å². The highest BCUT2D eigenvalue weighted by atomic mass is 32.2. The van der Waals surface area contributed by atoms with Crippen molar-refractivity contribution < 1.29 is 14.6 Å². The molecule has 3 N–H and O–H groups in total. The number of fused-ring (bicyclic) bond motifs is 3. The largest absolute Gasteiger partial charge is 0.487 e. The summed E-state index contributed by atoms with van der Waals surface area (Å²) in [7, 11) is 1.77. The summed E-state index contributed by atoms with van der Waals surface area (Å²) in [4.78, 5) is 27.9. The Kier molecular flexibility index (Phi) is 4.34. The fourth-order valence-electron chi connectivity index (χ4n) is 8.58. The molecule has 0 saturated heterocycles. The molecule has 1 aromatic carbocycles. The summed E-state index contributed by atoms with van der Waals surface area (Å²) >= 11 is 1.53. The van der Waals surface area contributed by atoms with Crippen LogP contribution >= 0.6 is 11.9 Å². The van der Waals surface area contributed by atoms with E-state index in [1.54, 1.807) is 17.8 Å². The molecule has 0 aliphatic heterocycles. The highest BCUT2D eigenvalue weighted by Gasteiger charge is 2.77. The molecule has 8 heteroatoms. The number of anilines is 1. The number of aromatic amines is 1. The van der Waals surface area contributed by atoms with Gasteiger partial charge in [0.1, 0.15) is 16.9 Å². The summed E-state index contributed by atoms with van der Waals surface area (Å²) < 4.78 is 12.0. The lowest BCUT2D eigenvalue weighted by molar-refractivity contribution is -0.166. The van der Waals surface area contributed by atoms with E-state index in [9.17, 15) is 14.7 Å². The molecule has 4 fully saturated rings. The lowest BCUT2D eigenvalue weighted by atomic mass is 9.49. The Bertz CT molecular complexity index is 1450. The van der Waals surface area contributed by atoms with E-state index in [2.05, 4.69) is 15.8 Å². The van der Waals surface area contributed by atoms with Crippen LogP contribution in [0, 0.1) is 29.1 Å². The minimum Gasteiger partial charge on any atom is -0.487 e. The summed E-state index contributed by atoms with van der Waals surface area (Å²) in [6.45, 7) is 0. The maximum absolute atomic E-state index is 12.7. The molecule has 1 spiro atoms. The SMILES string of the molecule is CSNc1ccc(OC23CC4CC5C(C(=O)O)C(C2)C5(C4)C3)c(-c2cn(C)c(=O)c3[nH]ccc23)c1. The van der Waals surface area contributed by atoms with Crippen LogP contribution in [0.25, 0.3) is 22.0 Å². The van der Waals surface area contributed by atoms with Gasteiger partial charge < -0.3 is 24.1 Å². The molecule has 3 bridgehead atoms. The van der Waals surface area contributed by atoms with Crippen molar-refractivity contribution >= 4 is 34.5 Å². The van der Waals surface area contributed by atoms with Crippen molar-refractivity contribution in [3.05, 3.63) is 47.0 Å². The van der Waals surface area contributed by atoms with Crippen molar-refractivity contribution in [2.24, 2.45) is 36.1 Å². The van der Waals surface area contributed by atoms with Gasteiger partial charge >= 0.3 is 5.97 Å². The van der Waals surface area contributed by atoms with E-state index in [1.807, 2.05) is 30.7 Å². The molecule has 0 radical (unpaired) electrons. The fraction of sp³-hybridized carbons (Fsp3) is 0.481. The maximum atomic E-state index is 12.7. The number of pyridine rings is 1. The monoisotopic (exact) mass is 491 g/mol. The van der Waals surface area contributed by atoms with Crippen LogP contribution in [0.4, 0.5) is 5.69 Å². The molecule has 35 heavy (non-hydrogen) atoms. The maximum Gasteiger partial charge on any atom is 0.307 e. The van der Waals surface area contributed by atoms with Gasteiger partial charge in [0.25, 0.3) is 5.56 Å². The van der Waals surface area contributed by atoms with Crippen LogP contribution in [0.5, 0.6) is 5.75 Å². The van der Waals surface area contributed by atoms with Gasteiger partial charge in [0.05, 0.1) is 5.92 Å². The van der Waals surface area contributed by atoms with Crippen LogP contribution in [-0.4, -0.2) is 32.5 Å². The number of hydrogen-bond acceptors (Lipinski definition) is 5. The standard InChI is InChI=1S/C27H29N3O4S/c1-30-12-18(16-5-6-28-23(16)24(30)31)17-8-15(29-35-2)3-4-21(17)34-26-9-14-7-19-22(25(32)33)20(11-26)27(19,10-14)13-26/h3-6,8,12,14,19-20,22,28-29H,7,9-11,13H2,1-2H3,(H,32,33). The first-order valence-corrected chi connectivity index (χ1v) is 13.6. The number of carboxylic acids is 1. The number of carboxylic acid groups (broad SMARTS) is 1. The Balaban J connectivity index is 1.34. The van der Waals surface area contributed by atoms with Crippen LogP contribution in [0.15, 0.2) is 41.5 Å². The normalized spacial score (nSPS) is 34.1. The molecule has 6 atom stereocenters. The molecule has 0 amide bonds. The summed E-state index contributed by atoms with van der Waals surface area (Å²) in [6, 6.07) is 8.11. The Morgan fingerprint density at radius 1 is 1.23 bits per heavy atom. The predicted octanol–water partition coefficient (Wildman–Crippen LogP) is 4.88. The Morgan fingerprint density at radius 2 is 2.09 bits per heavy atom. The van der Waals surface area contributed by atoms with E-state index >= 15 is 0 Å². The Hall–Kier alpha value is -2.87. The van der Waals surface area contributed by atoms with Gasteiger partial charge in [-0.1, -0.05) is 11.9 Å². The van der Waals surface area contributed by atoms with E-state index in [4.69, 9.17) is 4.74 Å². The zero-order chi connectivity index (χ0) is 24.1. The van der Waals surface area contributed by atoms with Crippen molar-refractivity contribution in [3.63, 3.8) is 0 Å². The van der Waals surface area contributed by atoms with Crippen LogP contribution < -0.4 is 15.0 Å². The quantitative estimate of drug-likeness (QED) is 0.425. The van der Waals surface area contributed by atoms with E-state index in [1.165, 1.54) is 18.4 Å². The third-order valence-electron chi connectivity index (χ3n) is 9.50. The van der Waals surface area contributed by atoms with Gasteiger partial charge in [-0.2, -0.15) is 0 Å². The first kappa shape index (κ1) is 21.4. The minimum absolute atomic E-state index is 0.0608. The summed E-state index contributed by atoms with van der Waals surface area (Å²) in [5, 5.41) is 10.8. The Morgan fingerprint density at radius 3 is 2.89 bits per heavy atom. The van der Waals surface area contributed by atoms with Crippen LogP contribution in [0.2, 0.25) is 0 Å². The second-order valence-electron chi connectivity index (χ2n) is 11.2. The van der Waals surface area contributed by atoms with Gasteiger partial charge in [-0.3, -0.25) is 9.59 Å². The van der Waals surface area contributed by atoms with Gasteiger partial charge in [-0.25, -0.2) is 0 Å². The van der Waals surface area contributed by atoms with Gasteiger partial charge in [-0.15, -0.1) is 0 Å². The first-order chi connectivity index (χ1) is 16.8. The highest BCUT2D eigenvalue weighted by Crippen LogP contribution is 2.79. The average molecular weight is 492 g/mol. The molecule has 6 unspecified atom stereocenters. The first-order valence-electron chi connectivity index (χ1n) is 12.4. The van der Waals surface area contributed by atoms with E-state index in [-0.39, 0.29) is 28.4 Å². The number of rotatable bonds is 6. The molecule has 4 aliphatic carbocycles. The lowest BCUT2D eigenvalue weighted by Gasteiger charge is -2.53. The van der Waals surface area contributed by atoms with Crippen LogP contribution in [0.3, 0.4) is 0 Å². The summed E-state index contributed by atoms with van der Waals surface area (Å²) in [5.74, 6) is 1.08. The van der Waals surface area contributed by atoms with Crippen molar-refractivity contribution in [1.29, 1.82) is 0 Å². The van der Waals surface area contributed by atoms with E-state index in [0.717, 1.165) is 53.6 Å². The van der Waals surface area contributed by atoms with E-state index in [0.29, 0.717) is 17.4 Å². The summed E-state index contributed by atoms with van der Waals surface area (Å²) in [6.07, 6.45) is 10.7. The number of aliphatic carboxylic acids is 1. The molecular weight excluding hydrogens is 462 g/mol. The molecule has 3 aromatic rings. The topological polar surface area (TPSA) is 96.3 Å². The third kappa shape index (κ3) is 2.80. The number of benzene rings is 1. The number of H-pyrrole nitrogens is 1. The second-order valence-corrected chi connectivity index (χ2v) is 11.8. The van der Waals surface area contributed by atoms with Crippen molar-refractivity contribution in [3.8, 4) is 16.9 Å². The van der Waals surface area contributed by atoms with Crippen molar-refractivity contribution in [2.75, 3.05) is 11.0 Å². The number of carbonyl (C=O) groups is 1. The summed E-state index contributed by atoms with van der Waals surface area (Å²) in [5.41, 5.74) is 3.23. The molecule has 2 heterocycles. The fourth-order valence-corrected chi connectivity index (χ4v) is 8.94. The molecule has 4 saturated carbocycles. The number of ether oxygens (including phenoxy) is 1. The van der Waals surface area contributed by atoms with Crippen molar-refractivity contribution in [1.82, 2.24) is 9.55 Å². The number of aryl methyl sites for hydroxylation is 1. The highest BCUT2D eigenvalue weighted by molar-refractivity contribution is 7.99. The predicted molar refractivity (Wildman–Crippen MR) is 137 cm³/mol.